The second-order valence-electron chi connectivity index (χ2n) is 6.48. The van der Waals surface area contributed by atoms with E-state index in [1.807, 2.05) is 24.4 Å². The minimum Gasteiger partial charge on any atom is -0.368 e. The lowest BCUT2D eigenvalue weighted by Crippen LogP contribution is -2.43. The number of anilines is 2. The molecule has 26 heavy (non-hydrogen) atoms. The highest BCUT2D eigenvalue weighted by atomic mass is 15.2. The van der Waals surface area contributed by atoms with Crippen molar-refractivity contribution in [2.24, 2.45) is 0 Å². The SMILES string of the molecule is CCCc1nc(N)nc2ccc(-c3ccnc(N4CCNCC4)c3)nc12. The van der Waals surface area contributed by atoms with E-state index in [4.69, 9.17) is 10.7 Å². The van der Waals surface area contributed by atoms with Gasteiger partial charge in [-0.15, -0.1) is 0 Å². The van der Waals surface area contributed by atoms with Gasteiger partial charge in [0.1, 0.15) is 11.3 Å². The van der Waals surface area contributed by atoms with E-state index in [2.05, 4.69) is 38.2 Å². The van der Waals surface area contributed by atoms with E-state index in [0.717, 1.165) is 72.8 Å². The number of pyridine rings is 2. The number of hydrogen-bond donors (Lipinski definition) is 2. The van der Waals surface area contributed by atoms with Gasteiger partial charge in [0, 0.05) is 37.9 Å². The monoisotopic (exact) mass is 349 g/mol. The molecule has 0 atom stereocenters. The van der Waals surface area contributed by atoms with Crippen LogP contribution in [0.3, 0.4) is 0 Å². The molecule has 3 N–H and O–H groups in total. The largest absolute Gasteiger partial charge is 0.368 e. The molecule has 0 saturated carbocycles. The van der Waals surface area contributed by atoms with E-state index >= 15 is 0 Å². The number of nitrogens with zero attached hydrogens (tertiary/aromatic N) is 5. The van der Waals surface area contributed by atoms with Crippen molar-refractivity contribution >= 4 is 22.8 Å². The van der Waals surface area contributed by atoms with Crippen molar-refractivity contribution in [1.29, 1.82) is 0 Å². The molecule has 134 valence electrons. The van der Waals surface area contributed by atoms with Crippen LogP contribution in [0.2, 0.25) is 0 Å². The minimum absolute atomic E-state index is 0.306. The maximum atomic E-state index is 5.84. The van der Waals surface area contributed by atoms with Crippen LogP contribution in [0.25, 0.3) is 22.3 Å². The Kier molecular flexibility index (Phi) is 4.62. The third-order valence-corrected chi connectivity index (χ3v) is 4.60. The van der Waals surface area contributed by atoms with Crippen molar-refractivity contribution in [2.75, 3.05) is 36.8 Å². The van der Waals surface area contributed by atoms with Crippen molar-refractivity contribution in [3.63, 3.8) is 0 Å². The van der Waals surface area contributed by atoms with E-state index in [9.17, 15) is 0 Å². The summed E-state index contributed by atoms with van der Waals surface area (Å²) in [4.78, 5) is 20.4. The molecule has 0 aromatic carbocycles. The number of aromatic nitrogens is 4. The Morgan fingerprint density at radius 1 is 1.12 bits per heavy atom. The lowest BCUT2D eigenvalue weighted by Gasteiger charge is -2.28. The molecule has 7 nitrogen and oxygen atoms in total. The van der Waals surface area contributed by atoms with Crippen molar-refractivity contribution in [1.82, 2.24) is 25.3 Å². The Bertz CT molecular complexity index is 919. The van der Waals surface area contributed by atoms with Gasteiger partial charge >= 0.3 is 0 Å². The molecule has 0 unspecified atom stereocenters. The summed E-state index contributed by atoms with van der Waals surface area (Å²) >= 11 is 0. The lowest BCUT2D eigenvalue weighted by atomic mass is 10.1. The zero-order valence-corrected chi connectivity index (χ0v) is 14.9. The molecule has 0 aliphatic carbocycles. The summed E-state index contributed by atoms with van der Waals surface area (Å²) in [5.41, 5.74) is 10.3. The third-order valence-electron chi connectivity index (χ3n) is 4.60. The van der Waals surface area contributed by atoms with Gasteiger partial charge in [-0.25, -0.2) is 19.9 Å². The minimum atomic E-state index is 0.306. The molecule has 7 heteroatoms. The number of aryl methyl sites for hydroxylation is 1. The van der Waals surface area contributed by atoms with Crippen LogP contribution < -0.4 is 16.0 Å². The highest BCUT2D eigenvalue weighted by Gasteiger charge is 2.14. The van der Waals surface area contributed by atoms with Crippen LogP contribution in [0.5, 0.6) is 0 Å². The van der Waals surface area contributed by atoms with E-state index in [0.29, 0.717) is 5.95 Å². The topological polar surface area (TPSA) is 92.8 Å². The van der Waals surface area contributed by atoms with Gasteiger partial charge in [-0.1, -0.05) is 13.3 Å². The fourth-order valence-electron chi connectivity index (χ4n) is 3.31. The predicted octanol–water partition coefficient (Wildman–Crippen LogP) is 2.03. The van der Waals surface area contributed by atoms with Crippen LogP contribution in [0.4, 0.5) is 11.8 Å². The zero-order chi connectivity index (χ0) is 17.9. The Morgan fingerprint density at radius 3 is 2.77 bits per heavy atom. The molecule has 3 aromatic rings. The van der Waals surface area contributed by atoms with Crippen LogP contribution in [0.15, 0.2) is 30.5 Å². The van der Waals surface area contributed by atoms with Crippen molar-refractivity contribution in [3.8, 4) is 11.3 Å². The normalized spacial score (nSPS) is 14.7. The van der Waals surface area contributed by atoms with Crippen molar-refractivity contribution < 1.29 is 0 Å². The zero-order valence-electron chi connectivity index (χ0n) is 14.9. The van der Waals surface area contributed by atoms with Crippen LogP contribution in [0, 0.1) is 0 Å². The molecule has 4 rings (SSSR count). The maximum Gasteiger partial charge on any atom is 0.220 e. The number of hydrogen-bond acceptors (Lipinski definition) is 7. The highest BCUT2D eigenvalue weighted by Crippen LogP contribution is 2.25. The fourth-order valence-corrected chi connectivity index (χ4v) is 3.31. The van der Waals surface area contributed by atoms with Gasteiger partial charge in [-0.05, 0) is 30.7 Å². The van der Waals surface area contributed by atoms with E-state index in [1.54, 1.807) is 0 Å². The van der Waals surface area contributed by atoms with Crippen LogP contribution >= 0.6 is 0 Å². The van der Waals surface area contributed by atoms with E-state index in [-0.39, 0.29) is 0 Å². The molecule has 1 aliphatic heterocycles. The van der Waals surface area contributed by atoms with Gasteiger partial charge in [0.25, 0.3) is 0 Å². The molecule has 0 spiro atoms. The molecule has 0 amide bonds. The number of piperazine rings is 1. The van der Waals surface area contributed by atoms with Gasteiger partial charge in [0.2, 0.25) is 5.95 Å². The molecular formula is C19H23N7. The first-order chi connectivity index (χ1) is 12.7. The smallest absolute Gasteiger partial charge is 0.220 e. The summed E-state index contributed by atoms with van der Waals surface area (Å²) < 4.78 is 0. The molecule has 3 aromatic heterocycles. The number of nitrogens with one attached hydrogen (secondary N) is 1. The first kappa shape index (κ1) is 16.7. The first-order valence-corrected chi connectivity index (χ1v) is 9.10. The number of rotatable bonds is 4. The summed E-state index contributed by atoms with van der Waals surface area (Å²) in [6, 6.07) is 8.07. The Hall–Kier alpha value is -2.80. The fraction of sp³-hybridized carbons (Fsp3) is 0.368. The van der Waals surface area contributed by atoms with Crippen LogP contribution in [-0.2, 0) is 6.42 Å². The Labute approximate surface area is 152 Å². The second kappa shape index (κ2) is 7.21. The summed E-state index contributed by atoms with van der Waals surface area (Å²) in [7, 11) is 0. The molecule has 0 radical (unpaired) electrons. The number of nitrogen functional groups attached to an aromatic ring is 1. The Balaban J connectivity index is 1.74. The predicted molar refractivity (Wildman–Crippen MR) is 104 cm³/mol. The third kappa shape index (κ3) is 3.30. The second-order valence-corrected chi connectivity index (χ2v) is 6.48. The molecule has 0 bridgehead atoms. The van der Waals surface area contributed by atoms with Gasteiger partial charge in [-0.3, -0.25) is 0 Å². The van der Waals surface area contributed by atoms with E-state index in [1.165, 1.54) is 0 Å². The van der Waals surface area contributed by atoms with Gasteiger partial charge < -0.3 is 16.0 Å². The first-order valence-electron chi connectivity index (χ1n) is 9.10. The van der Waals surface area contributed by atoms with E-state index < -0.39 is 0 Å². The summed E-state index contributed by atoms with van der Waals surface area (Å²) in [6.07, 6.45) is 3.67. The maximum absolute atomic E-state index is 5.84. The average Bonchev–Trinajstić information content (AvgIpc) is 2.69. The van der Waals surface area contributed by atoms with Crippen molar-refractivity contribution in [3.05, 3.63) is 36.2 Å². The summed E-state index contributed by atoms with van der Waals surface area (Å²) in [5.74, 6) is 1.30. The average molecular weight is 349 g/mol. The van der Waals surface area contributed by atoms with Crippen molar-refractivity contribution in [2.45, 2.75) is 19.8 Å². The quantitative estimate of drug-likeness (QED) is 0.744. The van der Waals surface area contributed by atoms with Gasteiger partial charge in [0.05, 0.1) is 16.9 Å². The molecular weight excluding hydrogens is 326 g/mol. The molecule has 4 heterocycles. The number of fused-ring (bicyclic) bond motifs is 1. The molecule has 1 aliphatic rings. The standard InChI is InChI=1S/C19H23N7/c1-2-3-15-18-16(25-19(20)24-15)5-4-14(23-18)13-6-7-22-17(12-13)26-10-8-21-9-11-26/h4-7,12,21H,2-3,8-11H2,1H3,(H2,20,24,25). The van der Waals surface area contributed by atoms with Gasteiger partial charge in [-0.2, -0.15) is 0 Å². The lowest BCUT2D eigenvalue weighted by molar-refractivity contribution is 0.585. The molecule has 1 saturated heterocycles. The Morgan fingerprint density at radius 2 is 1.96 bits per heavy atom. The number of nitrogens with two attached hydrogens (primary N) is 1. The summed E-state index contributed by atoms with van der Waals surface area (Å²) in [5, 5.41) is 3.37. The van der Waals surface area contributed by atoms with Gasteiger partial charge in [0.15, 0.2) is 0 Å². The summed E-state index contributed by atoms with van der Waals surface area (Å²) in [6.45, 7) is 6.03. The van der Waals surface area contributed by atoms with Crippen LogP contribution in [0.1, 0.15) is 19.0 Å². The molecule has 1 fully saturated rings. The highest BCUT2D eigenvalue weighted by molar-refractivity contribution is 5.81. The van der Waals surface area contributed by atoms with Crippen LogP contribution in [-0.4, -0.2) is 46.1 Å².